The average molecular weight is 340 g/mol. The third-order valence-corrected chi connectivity index (χ3v) is 4.56. The third kappa shape index (κ3) is 3.55. The van der Waals surface area contributed by atoms with Crippen molar-refractivity contribution in [3.63, 3.8) is 0 Å². The Morgan fingerprint density at radius 3 is 2.44 bits per heavy atom. The number of rotatable bonds is 4. The van der Waals surface area contributed by atoms with Crippen molar-refractivity contribution in [3.05, 3.63) is 48.0 Å². The first-order chi connectivity index (χ1) is 12.1. The van der Waals surface area contributed by atoms with Gasteiger partial charge in [0.2, 0.25) is 5.91 Å². The summed E-state index contributed by atoms with van der Waals surface area (Å²) in [6, 6.07) is 13.7. The Bertz CT molecular complexity index is 760. The molecule has 2 aromatic carbocycles. The molecule has 0 aliphatic carbocycles. The van der Waals surface area contributed by atoms with Gasteiger partial charge < -0.3 is 19.3 Å². The second-order valence-corrected chi connectivity index (χ2v) is 6.18. The van der Waals surface area contributed by atoms with Gasteiger partial charge in [0.05, 0.1) is 32.0 Å². The van der Waals surface area contributed by atoms with Crippen LogP contribution in [0.15, 0.2) is 42.5 Å². The van der Waals surface area contributed by atoms with E-state index in [1.54, 1.807) is 14.2 Å². The minimum Gasteiger partial charge on any atom is -0.493 e. The molecule has 5 heteroatoms. The van der Waals surface area contributed by atoms with E-state index in [2.05, 4.69) is 18.0 Å². The van der Waals surface area contributed by atoms with E-state index in [-0.39, 0.29) is 5.91 Å². The summed E-state index contributed by atoms with van der Waals surface area (Å²) >= 11 is 0. The number of carbonyl (C=O) groups is 1. The molecule has 0 N–H and O–H groups in total. The van der Waals surface area contributed by atoms with Gasteiger partial charge >= 0.3 is 0 Å². The average Bonchev–Trinajstić information content (AvgIpc) is 2.81. The van der Waals surface area contributed by atoms with Gasteiger partial charge in [0.1, 0.15) is 0 Å². The summed E-state index contributed by atoms with van der Waals surface area (Å²) in [6.07, 6.45) is 1.28. The molecule has 0 unspecified atom stereocenters. The summed E-state index contributed by atoms with van der Waals surface area (Å²) in [7, 11) is 5.28. The van der Waals surface area contributed by atoms with E-state index in [1.165, 1.54) is 0 Å². The van der Waals surface area contributed by atoms with Crippen LogP contribution in [0.4, 0.5) is 11.4 Å². The Morgan fingerprint density at radius 2 is 1.72 bits per heavy atom. The zero-order valence-corrected chi connectivity index (χ0v) is 15.0. The molecule has 0 saturated carbocycles. The highest BCUT2D eigenvalue weighted by Crippen LogP contribution is 2.32. The molecular weight excluding hydrogens is 316 g/mol. The molecule has 0 atom stereocenters. The number of benzene rings is 2. The molecule has 1 amide bonds. The van der Waals surface area contributed by atoms with E-state index in [0.29, 0.717) is 17.9 Å². The SMILES string of the molecule is COc1ccc(CC(=O)N2CCCN(C)c3ccccc32)cc1OC. The molecule has 0 bridgehead atoms. The molecule has 0 aromatic heterocycles. The maximum atomic E-state index is 13.0. The molecule has 2 aromatic rings. The van der Waals surface area contributed by atoms with Crippen LogP contribution in [0.3, 0.4) is 0 Å². The normalized spacial score (nSPS) is 13.9. The number of anilines is 2. The standard InChI is InChI=1S/C20H24N2O3/c1-21-11-6-12-22(17-8-5-4-7-16(17)21)20(23)14-15-9-10-18(24-2)19(13-15)25-3/h4-5,7-10,13H,6,11-12,14H2,1-3H3. The van der Waals surface area contributed by atoms with Crippen molar-refractivity contribution in [1.82, 2.24) is 0 Å². The Hall–Kier alpha value is -2.69. The fourth-order valence-corrected chi connectivity index (χ4v) is 3.24. The first-order valence-corrected chi connectivity index (χ1v) is 8.45. The third-order valence-electron chi connectivity index (χ3n) is 4.56. The van der Waals surface area contributed by atoms with E-state index in [4.69, 9.17) is 9.47 Å². The molecule has 5 nitrogen and oxygen atoms in total. The van der Waals surface area contributed by atoms with Crippen LogP contribution in [-0.4, -0.2) is 40.3 Å². The van der Waals surface area contributed by atoms with Gasteiger partial charge in [-0.3, -0.25) is 4.79 Å². The predicted octanol–water partition coefficient (Wildman–Crippen LogP) is 3.12. The minimum absolute atomic E-state index is 0.0926. The fourth-order valence-electron chi connectivity index (χ4n) is 3.24. The molecule has 0 spiro atoms. The largest absolute Gasteiger partial charge is 0.493 e. The lowest BCUT2D eigenvalue weighted by Gasteiger charge is -2.24. The van der Waals surface area contributed by atoms with Crippen LogP contribution >= 0.6 is 0 Å². The number of hydrogen-bond donors (Lipinski definition) is 0. The van der Waals surface area contributed by atoms with Crippen LogP contribution in [0.1, 0.15) is 12.0 Å². The summed E-state index contributed by atoms with van der Waals surface area (Å²) in [6.45, 7) is 1.67. The number of methoxy groups -OCH3 is 2. The summed E-state index contributed by atoms with van der Waals surface area (Å²) in [5.74, 6) is 1.40. The topological polar surface area (TPSA) is 42.0 Å². The van der Waals surface area contributed by atoms with Crippen LogP contribution in [0.25, 0.3) is 0 Å². The van der Waals surface area contributed by atoms with Crippen molar-refractivity contribution in [3.8, 4) is 11.5 Å². The van der Waals surface area contributed by atoms with Crippen molar-refractivity contribution in [2.45, 2.75) is 12.8 Å². The van der Waals surface area contributed by atoms with Gasteiger partial charge in [-0.1, -0.05) is 18.2 Å². The van der Waals surface area contributed by atoms with Gasteiger partial charge in [0.15, 0.2) is 11.5 Å². The van der Waals surface area contributed by atoms with E-state index in [9.17, 15) is 4.79 Å². The maximum absolute atomic E-state index is 13.0. The summed E-state index contributed by atoms with van der Waals surface area (Å²) in [4.78, 5) is 17.1. The van der Waals surface area contributed by atoms with Crippen LogP contribution < -0.4 is 19.3 Å². The number of hydrogen-bond acceptors (Lipinski definition) is 4. The molecular formula is C20H24N2O3. The first kappa shape index (κ1) is 17.1. The lowest BCUT2D eigenvalue weighted by molar-refractivity contribution is -0.118. The van der Waals surface area contributed by atoms with Crippen molar-refractivity contribution in [1.29, 1.82) is 0 Å². The highest BCUT2D eigenvalue weighted by molar-refractivity contribution is 5.98. The molecule has 132 valence electrons. The second-order valence-electron chi connectivity index (χ2n) is 6.18. The highest BCUT2D eigenvalue weighted by atomic mass is 16.5. The predicted molar refractivity (Wildman–Crippen MR) is 99.9 cm³/mol. The monoisotopic (exact) mass is 340 g/mol. The number of carbonyl (C=O) groups excluding carboxylic acids is 1. The molecule has 25 heavy (non-hydrogen) atoms. The van der Waals surface area contributed by atoms with E-state index in [0.717, 1.165) is 36.4 Å². The molecule has 0 fully saturated rings. The van der Waals surface area contributed by atoms with E-state index in [1.807, 2.05) is 41.3 Å². The number of amides is 1. The van der Waals surface area contributed by atoms with Crippen molar-refractivity contribution in [2.75, 3.05) is 44.2 Å². The molecule has 3 rings (SSSR count). The quantitative estimate of drug-likeness (QED) is 0.858. The van der Waals surface area contributed by atoms with Crippen molar-refractivity contribution < 1.29 is 14.3 Å². The van der Waals surface area contributed by atoms with Crippen molar-refractivity contribution in [2.24, 2.45) is 0 Å². The van der Waals surface area contributed by atoms with Crippen LogP contribution in [0.5, 0.6) is 11.5 Å². The van der Waals surface area contributed by atoms with Gasteiger partial charge in [0.25, 0.3) is 0 Å². The fraction of sp³-hybridized carbons (Fsp3) is 0.350. The van der Waals surface area contributed by atoms with Crippen molar-refractivity contribution >= 4 is 17.3 Å². The van der Waals surface area contributed by atoms with Gasteiger partial charge in [-0.05, 0) is 36.2 Å². The molecule has 1 heterocycles. The van der Waals surface area contributed by atoms with Crippen LogP contribution in [-0.2, 0) is 11.2 Å². The van der Waals surface area contributed by atoms with Crippen LogP contribution in [0.2, 0.25) is 0 Å². The Morgan fingerprint density at radius 1 is 1.00 bits per heavy atom. The maximum Gasteiger partial charge on any atom is 0.231 e. The summed E-state index contributed by atoms with van der Waals surface area (Å²) < 4.78 is 10.6. The van der Waals surface area contributed by atoms with Gasteiger partial charge in [-0.25, -0.2) is 0 Å². The zero-order chi connectivity index (χ0) is 17.8. The summed E-state index contributed by atoms with van der Waals surface area (Å²) in [5, 5.41) is 0. The smallest absolute Gasteiger partial charge is 0.231 e. The zero-order valence-electron chi connectivity index (χ0n) is 15.0. The molecule has 0 saturated heterocycles. The van der Waals surface area contributed by atoms with Gasteiger partial charge in [-0.15, -0.1) is 0 Å². The van der Waals surface area contributed by atoms with E-state index < -0.39 is 0 Å². The second kappa shape index (κ2) is 7.47. The number of para-hydroxylation sites is 2. The van der Waals surface area contributed by atoms with Gasteiger partial charge in [-0.2, -0.15) is 0 Å². The molecule has 1 aliphatic rings. The Balaban J connectivity index is 1.85. The Kier molecular flexibility index (Phi) is 5.12. The first-order valence-electron chi connectivity index (χ1n) is 8.45. The van der Waals surface area contributed by atoms with Crippen LogP contribution in [0, 0.1) is 0 Å². The highest BCUT2D eigenvalue weighted by Gasteiger charge is 2.23. The summed E-state index contributed by atoms with van der Waals surface area (Å²) in [5.41, 5.74) is 2.99. The number of nitrogens with zero attached hydrogens (tertiary/aromatic N) is 2. The molecule has 0 radical (unpaired) electrons. The number of fused-ring (bicyclic) bond motifs is 1. The lowest BCUT2D eigenvalue weighted by atomic mass is 10.1. The number of ether oxygens (including phenoxy) is 2. The van der Waals surface area contributed by atoms with E-state index >= 15 is 0 Å². The minimum atomic E-state index is 0.0926. The lowest BCUT2D eigenvalue weighted by Crippen LogP contribution is -2.32. The Labute approximate surface area is 148 Å². The van der Waals surface area contributed by atoms with Gasteiger partial charge in [0, 0.05) is 20.1 Å². The molecule has 1 aliphatic heterocycles.